The van der Waals surface area contributed by atoms with E-state index in [1.165, 1.54) is 6.07 Å². The van der Waals surface area contributed by atoms with Gasteiger partial charge < -0.3 is 9.16 Å². The van der Waals surface area contributed by atoms with Crippen molar-refractivity contribution in [3.8, 4) is 0 Å². The molecule has 3 rings (SSSR count). The standard InChI is InChI=1S/C28H39BrFNO4SSi/c1-27(2,3)37(6,7)34-17-16-21(23-10-8-9-11-24(23)30)19-26-31-36(32,33)25(28(4,5)35-26)18-20-12-14-22(29)15-13-20/h8-15,21,25H,16-19H2,1-7H3/t21-,25?/m1/s1. The molecule has 0 N–H and O–H groups in total. The van der Waals surface area contributed by atoms with Gasteiger partial charge in [0.15, 0.2) is 8.32 Å². The largest absolute Gasteiger partial charge is 0.473 e. The predicted molar refractivity (Wildman–Crippen MR) is 155 cm³/mol. The first-order valence-electron chi connectivity index (χ1n) is 12.7. The summed E-state index contributed by atoms with van der Waals surface area (Å²) in [6.45, 7) is 14.9. The number of ether oxygens (including phenoxy) is 1. The minimum atomic E-state index is -3.86. The van der Waals surface area contributed by atoms with Crippen LogP contribution in [-0.2, 0) is 25.6 Å². The Morgan fingerprint density at radius 3 is 2.32 bits per heavy atom. The molecular weight excluding hydrogens is 573 g/mol. The Morgan fingerprint density at radius 1 is 1.14 bits per heavy atom. The summed E-state index contributed by atoms with van der Waals surface area (Å²) in [5.74, 6) is -0.539. The molecule has 37 heavy (non-hydrogen) atoms. The molecule has 1 unspecified atom stereocenters. The molecule has 1 aliphatic heterocycles. The van der Waals surface area contributed by atoms with Gasteiger partial charge in [-0.3, -0.25) is 0 Å². The van der Waals surface area contributed by atoms with Gasteiger partial charge in [-0.15, -0.1) is 4.40 Å². The summed E-state index contributed by atoms with van der Waals surface area (Å²) >= 11 is 3.41. The SMILES string of the molecule is CC1(C)OC(C[C@@H](CCO[Si](C)(C)C(C)(C)C)c2ccccc2F)=NS(=O)(=O)C1Cc1ccc(Br)cc1. The fraction of sp³-hybridized carbons (Fsp3) is 0.536. The number of hydrogen-bond donors (Lipinski definition) is 0. The van der Waals surface area contributed by atoms with E-state index in [0.29, 0.717) is 18.6 Å². The molecule has 0 spiro atoms. The van der Waals surface area contributed by atoms with Crippen molar-refractivity contribution in [2.45, 2.75) is 88.8 Å². The molecule has 0 fully saturated rings. The maximum absolute atomic E-state index is 14.8. The van der Waals surface area contributed by atoms with Crippen molar-refractivity contribution in [2.75, 3.05) is 6.61 Å². The van der Waals surface area contributed by atoms with Gasteiger partial charge in [0.25, 0.3) is 10.0 Å². The van der Waals surface area contributed by atoms with E-state index in [9.17, 15) is 12.8 Å². The lowest BCUT2D eigenvalue weighted by molar-refractivity contribution is 0.0798. The third-order valence-corrected chi connectivity index (χ3v) is 14.6. The van der Waals surface area contributed by atoms with Gasteiger partial charge in [0, 0.05) is 17.5 Å². The molecule has 0 bridgehead atoms. The number of hydrogen-bond acceptors (Lipinski definition) is 4. The lowest BCUT2D eigenvalue weighted by Crippen LogP contribution is -2.50. The molecule has 2 atom stereocenters. The Morgan fingerprint density at radius 2 is 1.76 bits per heavy atom. The predicted octanol–water partition coefficient (Wildman–Crippen LogP) is 7.62. The van der Waals surface area contributed by atoms with Crippen LogP contribution in [0.1, 0.15) is 64.5 Å². The zero-order valence-electron chi connectivity index (χ0n) is 22.8. The molecular formula is C28H39BrFNO4SSi. The lowest BCUT2D eigenvalue weighted by Gasteiger charge is -2.38. The first-order valence-corrected chi connectivity index (χ1v) is 17.9. The molecule has 2 aromatic rings. The van der Waals surface area contributed by atoms with Crippen LogP contribution in [0.3, 0.4) is 0 Å². The Hall–Kier alpha value is -1.55. The molecule has 1 aliphatic rings. The van der Waals surface area contributed by atoms with E-state index in [1.54, 1.807) is 32.0 Å². The van der Waals surface area contributed by atoms with Crippen molar-refractivity contribution < 1.29 is 22.0 Å². The molecule has 0 saturated heterocycles. The van der Waals surface area contributed by atoms with Gasteiger partial charge in [-0.2, -0.15) is 0 Å². The molecule has 0 aliphatic carbocycles. The topological polar surface area (TPSA) is 65.0 Å². The Balaban J connectivity index is 1.85. The third-order valence-electron chi connectivity index (χ3n) is 7.58. The average Bonchev–Trinajstić information content (AvgIpc) is 2.76. The van der Waals surface area contributed by atoms with Gasteiger partial charge in [0.05, 0.1) is 0 Å². The Bertz CT molecular complexity index is 1220. The van der Waals surface area contributed by atoms with Gasteiger partial charge in [0.2, 0.25) is 5.90 Å². The normalized spacial score (nSPS) is 20.1. The molecule has 0 amide bonds. The minimum Gasteiger partial charge on any atom is -0.473 e. The van der Waals surface area contributed by atoms with Crippen LogP contribution in [0, 0.1) is 5.82 Å². The zero-order chi connectivity index (χ0) is 27.6. The summed E-state index contributed by atoms with van der Waals surface area (Å²) in [5, 5.41) is -0.780. The quantitative estimate of drug-likeness (QED) is 0.273. The summed E-state index contributed by atoms with van der Waals surface area (Å²) in [5.41, 5.74) is 0.402. The highest BCUT2D eigenvalue weighted by molar-refractivity contribution is 9.10. The minimum absolute atomic E-state index is 0.0546. The van der Waals surface area contributed by atoms with Crippen LogP contribution in [0.5, 0.6) is 0 Å². The zero-order valence-corrected chi connectivity index (χ0v) is 26.2. The highest BCUT2D eigenvalue weighted by atomic mass is 79.9. The fourth-order valence-corrected chi connectivity index (χ4v) is 7.29. The first-order chi connectivity index (χ1) is 17.0. The van der Waals surface area contributed by atoms with Crippen molar-refractivity contribution in [1.29, 1.82) is 0 Å². The van der Waals surface area contributed by atoms with E-state index < -0.39 is 29.2 Å². The molecule has 0 radical (unpaired) electrons. The molecule has 204 valence electrons. The van der Waals surface area contributed by atoms with Crippen molar-refractivity contribution in [1.82, 2.24) is 0 Å². The van der Waals surface area contributed by atoms with E-state index in [-0.39, 0.29) is 35.5 Å². The summed E-state index contributed by atoms with van der Waals surface area (Å²) < 4.78 is 59.2. The van der Waals surface area contributed by atoms with Crippen LogP contribution in [0.25, 0.3) is 0 Å². The second kappa shape index (κ2) is 11.3. The molecule has 5 nitrogen and oxygen atoms in total. The number of halogens is 2. The highest BCUT2D eigenvalue weighted by Gasteiger charge is 2.46. The molecule has 0 aromatic heterocycles. The number of rotatable bonds is 9. The first kappa shape index (κ1) is 30.0. The smallest absolute Gasteiger partial charge is 0.263 e. The molecule has 0 saturated carbocycles. The second-order valence-corrected chi connectivity index (χ2v) is 19.4. The van der Waals surface area contributed by atoms with Gasteiger partial charge in [-0.1, -0.05) is 67.0 Å². The lowest BCUT2D eigenvalue weighted by atomic mass is 9.92. The van der Waals surface area contributed by atoms with E-state index in [2.05, 4.69) is 54.2 Å². The summed E-state index contributed by atoms with van der Waals surface area (Å²) in [7, 11) is -5.85. The van der Waals surface area contributed by atoms with Crippen molar-refractivity contribution >= 4 is 40.2 Å². The average molecular weight is 613 g/mol. The van der Waals surface area contributed by atoms with Crippen LogP contribution >= 0.6 is 15.9 Å². The summed E-state index contributed by atoms with van der Waals surface area (Å²) in [6.07, 6.45) is 0.991. The van der Waals surface area contributed by atoms with Gasteiger partial charge in [-0.25, -0.2) is 12.8 Å². The Labute approximate surface area is 231 Å². The monoisotopic (exact) mass is 611 g/mol. The number of benzene rings is 2. The molecule has 1 heterocycles. The van der Waals surface area contributed by atoms with Crippen LogP contribution in [-0.4, -0.2) is 40.1 Å². The van der Waals surface area contributed by atoms with E-state index >= 15 is 0 Å². The van der Waals surface area contributed by atoms with Crippen molar-refractivity contribution in [3.05, 3.63) is 69.9 Å². The maximum atomic E-state index is 14.8. The van der Waals surface area contributed by atoms with Crippen LogP contribution in [0.2, 0.25) is 18.1 Å². The second-order valence-electron chi connectivity index (χ2n) is 11.8. The summed E-state index contributed by atoms with van der Waals surface area (Å²) in [6, 6.07) is 14.2. The number of nitrogens with zero attached hydrogens (tertiary/aromatic N) is 1. The van der Waals surface area contributed by atoms with Gasteiger partial charge in [-0.05, 0) is 80.1 Å². The molecule has 2 aromatic carbocycles. The van der Waals surface area contributed by atoms with Crippen LogP contribution in [0.4, 0.5) is 4.39 Å². The maximum Gasteiger partial charge on any atom is 0.263 e. The van der Waals surface area contributed by atoms with E-state index in [0.717, 1.165) is 10.0 Å². The third kappa shape index (κ3) is 7.52. The van der Waals surface area contributed by atoms with Crippen molar-refractivity contribution in [3.63, 3.8) is 0 Å². The van der Waals surface area contributed by atoms with Gasteiger partial charge >= 0.3 is 0 Å². The van der Waals surface area contributed by atoms with Crippen molar-refractivity contribution in [2.24, 2.45) is 4.40 Å². The fourth-order valence-electron chi connectivity index (χ4n) is 4.27. The Kier molecular flexibility index (Phi) is 9.14. The van der Waals surface area contributed by atoms with E-state index in [4.69, 9.17) is 9.16 Å². The van der Waals surface area contributed by atoms with Gasteiger partial charge in [0.1, 0.15) is 16.7 Å². The van der Waals surface area contributed by atoms with Crippen LogP contribution < -0.4 is 0 Å². The van der Waals surface area contributed by atoms with Crippen LogP contribution in [0.15, 0.2) is 57.4 Å². The number of sulfonamides is 1. The van der Waals surface area contributed by atoms with E-state index in [1.807, 2.05) is 24.3 Å². The molecule has 9 heteroatoms. The highest BCUT2D eigenvalue weighted by Crippen LogP contribution is 2.38. The summed E-state index contributed by atoms with van der Waals surface area (Å²) in [4.78, 5) is 0.